The van der Waals surface area contributed by atoms with Gasteiger partial charge >= 0.3 is 6.09 Å². The molecular formula is C30H42N4O8S. The summed E-state index contributed by atoms with van der Waals surface area (Å²) in [7, 11) is -2.78. The number of fused-ring (bicyclic) bond motifs is 2. The number of nitrogens with zero attached hydrogens (tertiary/aromatic N) is 1. The maximum Gasteiger partial charge on any atom is 0.408 e. The highest BCUT2D eigenvalue weighted by molar-refractivity contribution is 7.90. The van der Waals surface area contributed by atoms with Gasteiger partial charge < -0.3 is 25.0 Å². The summed E-state index contributed by atoms with van der Waals surface area (Å²) >= 11 is 0. The average molecular weight is 619 g/mol. The molecule has 0 spiro atoms. The van der Waals surface area contributed by atoms with Crippen molar-refractivity contribution in [2.24, 2.45) is 5.92 Å². The Bertz CT molecular complexity index is 1350. The van der Waals surface area contributed by atoms with E-state index in [9.17, 15) is 27.6 Å². The van der Waals surface area contributed by atoms with Gasteiger partial charge in [0.15, 0.2) is 0 Å². The van der Waals surface area contributed by atoms with Crippen LogP contribution in [0.1, 0.15) is 72.1 Å². The second kappa shape index (κ2) is 12.9. The molecule has 4 amide bonds. The van der Waals surface area contributed by atoms with Crippen LogP contribution < -0.4 is 20.1 Å². The molecular weight excluding hydrogens is 576 g/mol. The number of ether oxygens (including phenoxy) is 2. The largest absolute Gasteiger partial charge is 0.497 e. The van der Waals surface area contributed by atoms with Crippen LogP contribution in [0.3, 0.4) is 0 Å². The second-order valence-corrected chi connectivity index (χ2v) is 14.0. The van der Waals surface area contributed by atoms with E-state index >= 15 is 0 Å². The number of sulfonamides is 1. The number of rotatable bonds is 5. The highest BCUT2D eigenvalue weighted by Gasteiger charge is 2.61. The van der Waals surface area contributed by atoms with Crippen molar-refractivity contribution in [3.8, 4) is 5.75 Å². The number of alkyl carbamates (subject to hydrolysis) is 1. The van der Waals surface area contributed by atoms with Crippen molar-refractivity contribution in [3.05, 3.63) is 36.4 Å². The second-order valence-electron chi connectivity index (χ2n) is 12.3. The third-order valence-electron chi connectivity index (χ3n) is 7.92. The van der Waals surface area contributed by atoms with Crippen LogP contribution in [0.25, 0.3) is 0 Å². The first kappa shape index (κ1) is 32.3. The predicted octanol–water partition coefficient (Wildman–Crippen LogP) is 2.78. The fourth-order valence-electron chi connectivity index (χ4n) is 5.57. The number of allylic oxidation sites excluding steroid dienone is 1. The number of carbonyl (C=O) groups is 4. The minimum atomic E-state index is -4.23. The Morgan fingerprint density at radius 3 is 2.44 bits per heavy atom. The van der Waals surface area contributed by atoms with Gasteiger partial charge in [0.05, 0.1) is 12.0 Å². The molecule has 0 aromatic heterocycles. The van der Waals surface area contributed by atoms with E-state index in [1.165, 1.54) is 36.3 Å². The normalized spacial score (nSPS) is 27.3. The van der Waals surface area contributed by atoms with Crippen molar-refractivity contribution in [2.45, 2.75) is 100 Å². The van der Waals surface area contributed by atoms with Gasteiger partial charge in [-0.2, -0.15) is 0 Å². The van der Waals surface area contributed by atoms with Gasteiger partial charge in [-0.05, 0) is 83.6 Å². The summed E-state index contributed by atoms with van der Waals surface area (Å²) in [6.45, 7) is 5.52. The Labute approximate surface area is 253 Å². The first-order chi connectivity index (χ1) is 20.3. The van der Waals surface area contributed by atoms with Crippen molar-refractivity contribution in [1.29, 1.82) is 0 Å². The molecule has 1 saturated carbocycles. The summed E-state index contributed by atoms with van der Waals surface area (Å²) in [6, 6.07) is 3.87. The van der Waals surface area contributed by atoms with Gasteiger partial charge in [0, 0.05) is 12.5 Å². The Hall–Kier alpha value is -3.61. The predicted molar refractivity (Wildman–Crippen MR) is 157 cm³/mol. The van der Waals surface area contributed by atoms with Crippen LogP contribution in [0.4, 0.5) is 4.79 Å². The van der Waals surface area contributed by atoms with Crippen LogP contribution in [0.5, 0.6) is 5.75 Å². The van der Waals surface area contributed by atoms with E-state index in [0.717, 1.165) is 12.8 Å². The summed E-state index contributed by atoms with van der Waals surface area (Å²) < 4.78 is 38.7. The van der Waals surface area contributed by atoms with Crippen LogP contribution in [0.15, 0.2) is 41.3 Å². The number of methoxy groups -OCH3 is 1. The highest BCUT2D eigenvalue weighted by atomic mass is 32.2. The van der Waals surface area contributed by atoms with Crippen LogP contribution >= 0.6 is 0 Å². The van der Waals surface area contributed by atoms with E-state index in [1.807, 2.05) is 12.2 Å². The van der Waals surface area contributed by atoms with Gasteiger partial charge in [-0.25, -0.2) is 17.9 Å². The zero-order valence-electron chi connectivity index (χ0n) is 25.2. The molecule has 236 valence electrons. The maximum atomic E-state index is 13.7. The smallest absolute Gasteiger partial charge is 0.408 e. The van der Waals surface area contributed by atoms with E-state index < -0.39 is 57.1 Å². The maximum absolute atomic E-state index is 13.7. The summed E-state index contributed by atoms with van der Waals surface area (Å²) in [5.74, 6) is -1.70. The third-order valence-corrected chi connectivity index (χ3v) is 9.27. The van der Waals surface area contributed by atoms with E-state index in [1.54, 1.807) is 20.8 Å². The SMILES string of the molecule is COc1ccc(S(=O)(=O)NC(=O)[C@@]23C[C@H]2/C=C\CCCCC[C@H](NC(=O)OC(C)(C)C)C(=O)N2CCC[C@H]2C(=O)N3)cc1. The standard InChI is InChI=1S/C30H42N4O8S/c1-29(2,3)42-28(38)31-23-12-9-7-5-6-8-11-20-19-30(20,32-25(35)24-13-10-18-34(24)26(23)36)27(37)33-43(39,40)22-16-14-21(41-4)15-17-22/h8,11,14-17,20,23-24H,5-7,9-10,12-13,18-19H2,1-4H3,(H,31,38)(H,32,35)(H,33,37)/b11-8-/t20-,23+,24+,30-/m1/s1. The highest BCUT2D eigenvalue weighted by Crippen LogP contribution is 2.45. The van der Waals surface area contributed by atoms with E-state index in [0.29, 0.717) is 44.4 Å². The van der Waals surface area contributed by atoms with Gasteiger partial charge in [-0.1, -0.05) is 25.0 Å². The monoisotopic (exact) mass is 618 g/mol. The van der Waals surface area contributed by atoms with Crippen LogP contribution in [-0.4, -0.2) is 74.0 Å². The Morgan fingerprint density at radius 1 is 1.05 bits per heavy atom. The quantitative estimate of drug-likeness (QED) is 0.425. The van der Waals surface area contributed by atoms with Gasteiger partial charge in [0.1, 0.15) is 29.0 Å². The van der Waals surface area contributed by atoms with Crippen molar-refractivity contribution >= 4 is 33.8 Å². The number of benzene rings is 1. The summed E-state index contributed by atoms with van der Waals surface area (Å²) in [4.78, 5) is 54.8. The van der Waals surface area contributed by atoms with Gasteiger partial charge in [-0.3, -0.25) is 14.4 Å². The fourth-order valence-corrected chi connectivity index (χ4v) is 6.61. The molecule has 3 aliphatic rings. The summed E-state index contributed by atoms with van der Waals surface area (Å²) in [5, 5.41) is 5.51. The number of carbonyl (C=O) groups excluding carboxylic acids is 4. The van der Waals surface area contributed by atoms with E-state index in [4.69, 9.17) is 9.47 Å². The molecule has 1 aliphatic carbocycles. The molecule has 43 heavy (non-hydrogen) atoms. The molecule has 12 nitrogen and oxygen atoms in total. The molecule has 4 atom stereocenters. The van der Waals surface area contributed by atoms with Gasteiger partial charge in [0.25, 0.3) is 15.9 Å². The lowest BCUT2D eigenvalue weighted by atomic mass is 10.0. The Kier molecular flexibility index (Phi) is 9.73. The zero-order valence-corrected chi connectivity index (χ0v) is 26.0. The topological polar surface area (TPSA) is 160 Å². The lowest BCUT2D eigenvalue weighted by Gasteiger charge is -2.30. The van der Waals surface area contributed by atoms with Crippen molar-refractivity contribution < 1.29 is 37.1 Å². The summed E-state index contributed by atoms with van der Waals surface area (Å²) in [6.07, 6.45) is 7.66. The lowest BCUT2D eigenvalue weighted by Crippen LogP contribution is -2.58. The van der Waals surface area contributed by atoms with Crippen LogP contribution in [-0.2, 0) is 29.1 Å². The molecule has 0 unspecified atom stereocenters. The first-order valence-electron chi connectivity index (χ1n) is 14.8. The van der Waals surface area contributed by atoms with Crippen molar-refractivity contribution in [2.75, 3.05) is 13.7 Å². The van der Waals surface area contributed by atoms with Crippen LogP contribution in [0.2, 0.25) is 0 Å². The minimum absolute atomic E-state index is 0.120. The minimum Gasteiger partial charge on any atom is -0.497 e. The number of nitrogens with one attached hydrogen (secondary N) is 3. The fraction of sp³-hybridized carbons (Fsp3) is 0.600. The van der Waals surface area contributed by atoms with E-state index in [2.05, 4.69) is 15.4 Å². The zero-order chi connectivity index (χ0) is 31.4. The Balaban J connectivity index is 1.55. The van der Waals surface area contributed by atoms with Crippen molar-refractivity contribution in [3.63, 3.8) is 0 Å². The average Bonchev–Trinajstić information content (AvgIpc) is 3.40. The van der Waals surface area contributed by atoms with Gasteiger partial charge in [0.2, 0.25) is 11.8 Å². The molecule has 0 radical (unpaired) electrons. The number of amides is 4. The molecule has 1 saturated heterocycles. The third kappa shape index (κ3) is 7.87. The number of hydrogen-bond acceptors (Lipinski definition) is 8. The molecule has 0 bridgehead atoms. The molecule has 2 aliphatic heterocycles. The summed E-state index contributed by atoms with van der Waals surface area (Å²) in [5.41, 5.74) is -2.22. The van der Waals surface area contributed by atoms with E-state index in [-0.39, 0.29) is 17.2 Å². The molecule has 1 aromatic rings. The number of hydrogen-bond donors (Lipinski definition) is 3. The lowest BCUT2D eigenvalue weighted by molar-refractivity contribution is -0.141. The molecule has 13 heteroatoms. The molecule has 2 fully saturated rings. The van der Waals surface area contributed by atoms with Gasteiger partial charge in [-0.15, -0.1) is 0 Å². The van der Waals surface area contributed by atoms with Crippen molar-refractivity contribution in [1.82, 2.24) is 20.3 Å². The molecule has 3 N–H and O–H groups in total. The molecule has 1 aromatic carbocycles. The molecule has 4 rings (SSSR count). The first-order valence-corrected chi connectivity index (χ1v) is 16.2. The Morgan fingerprint density at radius 2 is 1.77 bits per heavy atom. The molecule has 2 heterocycles. The van der Waals surface area contributed by atoms with Crippen LogP contribution in [0, 0.1) is 5.92 Å².